The molecule has 1 unspecified atom stereocenters. The van der Waals surface area contributed by atoms with Gasteiger partial charge in [0.1, 0.15) is 12.1 Å². The molecule has 2 fully saturated rings. The van der Waals surface area contributed by atoms with Gasteiger partial charge in [-0.05, 0) is 6.07 Å². The van der Waals surface area contributed by atoms with E-state index < -0.39 is 18.2 Å². The van der Waals surface area contributed by atoms with E-state index in [9.17, 15) is 9.28 Å². The van der Waals surface area contributed by atoms with Gasteiger partial charge in [0.15, 0.2) is 0 Å². The van der Waals surface area contributed by atoms with Crippen LogP contribution in [0.1, 0.15) is 11.6 Å². The molecule has 1 aromatic rings. The van der Waals surface area contributed by atoms with Crippen molar-refractivity contribution in [3.8, 4) is 0 Å². The van der Waals surface area contributed by atoms with Crippen molar-refractivity contribution in [3.63, 3.8) is 0 Å². The molecule has 1 aromatic carbocycles. The number of para-hydroxylation sites is 1. The van der Waals surface area contributed by atoms with Gasteiger partial charge >= 0.3 is 6.09 Å². The number of carbonyl (C=O) groups excluding carboxylic acids is 1. The topological polar surface area (TPSA) is 68.0 Å². The van der Waals surface area contributed by atoms with Gasteiger partial charge in [0, 0.05) is 30.9 Å². The molecule has 1 amide bonds. The van der Waals surface area contributed by atoms with Crippen molar-refractivity contribution < 1.29 is 18.7 Å². The second-order valence-corrected chi connectivity index (χ2v) is 5.07. The molecular formula is C14H19ClFN3O3. The number of carbonyl (C=O) groups is 1. The minimum absolute atomic E-state index is 0. The van der Waals surface area contributed by atoms with E-state index in [1.54, 1.807) is 0 Å². The maximum absolute atomic E-state index is 14.1. The van der Waals surface area contributed by atoms with Gasteiger partial charge in [-0.3, -0.25) is 0 Å². The molecule has 2 aliphatic heterocycles. The lowest BCUT2D eigenvalue weighted by Crippen LogP contribution is -2.38. The summed E-state index contributed by atoms with van der Waals surface area (Å²) in [6.07, 6.45) is -1.66. The Morgan fingerprint density at radius 2 is 1.95 bits per heavy atom. The first-order valence-electron chi connectivity index (χ1n) is 6.99. The van der Waals surface area contributed by atoms with Crippen LogP contribution in [0.5, 0.6) is 0 Å². The number of rotatable bonds is 3. The van der Waals surface area contributed by atoms with Crippen LogP contribution >= 0.6 is 12.4 Å². The summed E-state index contributed by atoms with van der Waals surface area (Å²) >= 11 is 0. The van der Waals surface area contributed by atoms with E-state index in [1.807, 2.05) is 24.3 Å². The molecule has 3 rings (SSSR count). The lowest BCUT2D eigenvalue weighted by Gasteiger charge is -2.32. The Hall–Kier alpha value is -1.57. The minimum Gasteiger partial charge on any atom is -0.440 e. The summed E-state index contributed by atoms with van der Waals surface area (Å²) in [5.74, 6) is 0. The van der Waals surface area contributed by atoms with Gasteiger partial charge in [-0.2, -0.15) is 0 Å². The van der Waals surface area contributed by atoms with Crippen molar-refractivity contribution in [2.45, 2.75) is 12.1 Å². The number of amides is 1. The van der Waals surface area contributed by atoms with E-state index in [0.29, 0.717) is 18.8 Å². The largest absolute Gasteiger partial charge is 0.440 e. The van der Waals surface area contributed by atoms with Crippen LogP contribution in [0.4, 0.5) is 15.0 Å². The van der Waals surface area contributed by atoms with Gasteiger partial charge in [-0.25, -0.2) is 4.79 Å². The van der Waals surface area contributed by atoms with Gasteiger partial charge < -0.3 is 20.1 Å². The van der Waals surface area contributed by atoms with Crippen LogP contribution in [0, 0.1) is 0 Å². The molecule has 2 N–H and O–H groups in total. The Kier molecular flexibility index (Phi) is 5.44. The highest BCUT2D eigenvalue weighted by Gasteiger charge is 2.44. The number of nitrogens with zero attached hydrogens (tertiary/aromatic N) is 2. The van der Waals surface area contributed by atoms with Crippen molar-refractivity contribution in [2.75, 3.05) is 37.7 Å². The van der Waals surface area contributed by atoms with Crippen LogP contribution in [-0.2, 0) is 9.47 Å². The van der Waals surface area contributed by atoms with E-state index in [0.717, 1.165) is 18.8 Å². The maximum Gasteiger partial charge on any atom is 0.439 e. The van der Waals surface area contributed by atoms with Crippen LogP contribution in [0.25, 0.3) is 0 Å². The molecule has 122 valence electrons. The highest BCUT2D eigenvalue weighted by atomic mass is 35.5. The molecule has 22 heavy (non-hydrogen) atoms. The fraction of sp³-hybridized carbons (Fsp3) is 0.500. The van der Waals surface area contributed by atoms with Crippen molar-refractivity contribution in [1.29, 1.82) is 0 Å². The average Bonchev–Trinajstić information content (AvgIpc) is 2.83. The molecule has 0 radical (unpaired) electrons. The van der Waals surface area contributed by atoms with Gasteiger partial charge in [0.05, 0.1) is 13.2 Å². The molecule has 2 aliphatic rings. The summed E-state index contributed by atoms with van der Waals surface area (Å²) in [5.41, 5.74) is 7.22. The smallest absolute Gasteiger partial charge is 0.439 e. The van der Waals surface area contributed by atoms with E-state index in [-0.39, 0.29) is 24.1 Å². The summed E-state index contributed by atoms with van der Waals surface area (Å²) in [5, 5.41) is 0.136. The van der Waals surface area contributed by atoms with Crippen molar-refractivity contribution in [3.05, 3.63) is 29.8 Å². The quantitative estimate of drug-likeness (QED) is 0.853. The van der Waals surface area contributed by atoms with Crippen molar-refractivity contribution in [2.24, 2.45) is 5.73 Å². The zero-order valence-corrected chi connectivity index (χ0v) is 12.8. The molecule has 0 aliphatic carbocycles. The van der Waals surface area contributed by atoms with Crippen molar-refractivity contribution >= 4 is 24.2 Å². The maximum atomic E-state index is 14.1. The van der Waals surface area contributed by atoms with Gasteiger partial charge in [-0.15, -0.1) is 17.5 Å². The Bertz CT molecular complexity index is 528. The third-order valence-corrected chi connectivity index (χ3v) is 3.86. The molecule has 0 spiro atoms. The van der Waals surface area contributed by atoms with E-state index in [2.05, 4.69) is 4.90 Å². The SMILES string of the molecule is Cl.NC[C@@H]1OC(=O)N(F)C1c1ccccc1N1CCOCC1. The number of anilines is 1. The first kappa shape index (κ1) is 16.8. The first-order chi connectivity index (χ1) is 10.2. The molecule has 2 heterocycles. The highest BCUT2D eigenvalue weighted by Crippen LogP contribution is 2.38. The number of nitrogens with two attached hydrogens (primary N) is 1. The molecule has 0 bridgehead atoms. The summed E-state index contributed by atoms with van der Waals surface area (Å²) in [6, 6.07) is 6.65. The Morgan fingerprint density at radius 3 is 2.64 bits per heavy atom. The summed E-state index contributed by atoms with van der Waals surface area (Å²) in [7, 11) is 0. The highest BCUT2D eigenvalue weighted by molar-refractivity contribution is 5.85. The monoisotopic (exact) mass is 331 g/mol. The Morgan fingerprint density at radius 1 is 1.27 bits per heavy atom. The van der Waals surface area contributed by atoms with Crippen LogP contribution in [0.3, 0.4) is 0 Å². The fourth-order valence-corrected chi connectivity index (χ4v) is 2.83. The molecule has 2 saturated heterocycles. The standard InChI is InChI=1S/C14H18FN3O3.ClH/c15-18-13(12(9-16)21-14(18)19)10-3-1-2-4-11(10)17-5-7-20-8-6-17;/h1-4,12-13H,5-9,16H2;1H/t12-,13?;/m0./s1. The summed E-state index contributed by atoms with van der Waals surface area (Å²) in [4.78, 5) is 13.6. The number of ether oxygens (including phenoxy) is 2. The number of morpholine rings is 1. The van der Waals surface area contributed by atoms with E-state index in [1.165, 1.54) is 0 Å². The van der Waals surface area contributed by atoms with Crippen molar-refractivity contribution in [1.82, 2.24) is 5.12 Å². The first-order valence-corrected chi connectivity index (χ1v) is 6.99. The lowest BCUT2D eigenvalue weighted by molar-refractivity contribution is 0.0439. The normalized spacial score (nSPS) is 24.9. The number of halogens is 2. The number of hydrogen-bond donors (Lipinski definition) is 1. The Labute approximate surface area is 134 Å². The predicted octanol–water partition coefficient (Wildman–Crippen LogP) is 1.65. The number of cyclic esters (lactones) is 1. The zero-order valence-electron chi connectivity index (χ0n) is 12.0. The third-order valence-electron chi connectivity index (χ3n) is 3.86. The molecule has 6 nitrogen and oxygen atoms in total. The predicted molar refractivity (Wildman–Crippen MR) is 81.7 cm³/mol. The van der Waals surface area contributed by atoms with E-state index in [4.69, 9.17) is 15.2 Å². The molecule has 0 aromatic heterocycles. The second-order valence-electron chi connectivity index (χ2n) is 5.07. The van der Waals surface area contributed by atoms with Gasteiger partial charge in [0.2, 0.25) is 0 Å². The molecule has 0 saturated carbocycles. The zero-order chi connectivity index (χ0) is 14.8. The van der Waals surface area contributed by atoms with Crippen LogP contribution in [-0.4, -0.2) is 50.2 Å². The Balaban J connectivity index is 0.00000176. The van der Waals surface area contributed by atoms with Gasteiger partial charge in [0.25, 0.3) is 0 Å². The minimum atomic E-state index is -0.979. The van der Waals surface area contributed by atoms with Crippen LogP contribution in [0.15, 0.2) is 24.3 Å². The molecular weight excluding hydrogens is 313 g/mol. The number of benzene rings is 1. The number of hydrogen-bond acceptors (Lipinski definition) is 5. The third kappa shape index (κ3) is 2.97. The lowest BCUT2D eigenvalue weighted by atomic mass is 9.99. The summed E-state index contributed by atoms with van der Waals surface area (Å²) in [6.45, 7) is 2.81. The van der Waals surface area contributed by atoms with Crippen LogP contribution in [0.2, 0.25) is 0 Å². The van der Waals surface area contributed by atoms with Gasteiger partial charge in [-0.1, -0.05) is 22.7 Å². The molecule has 8 heteroatoms. The molecule has 2 atom stereocenters. The average molecular weight is 332 g/mol. The summed E-state index contributed by atoms with van der Waals surface area (Å²) < 4.78 is 24.4. The van der Waals surface area contributed by atoms with Crippen LogP contribution < -0.4 is 10.6 Å². The second kappa shape index (κ2) is 7.13. The fourth-order valence-electron chi connectivity index (χ4n) is 2.83. The van der Waals surface area contributed by atoms with E-state index >= 15 is 0 Å².